The van der Waals surface area contributed by atoms with E-state index in [1.54, 1.807) is 0 Å². The van der Waals surface area contributed by atoms with Crippen molar-refractivity contribution in [3.63, 3.8) is 0 Å². The van der Waals surface area contributed by atoms with E-state index in [0.29, 0.717) is 0 Å². The molecule has 0 aliphatic carbocycles. The minimum absolute atomic E-state index is 0. The first kappa shape index (κ1) is 59.4. The molecule has 0 saturated carbocycles. The standard InChI is InChI=1S/3C10H14N5O7P.2Lu/c3*11-8-5-9(13-2-12-8)15(3-14-5)10-7(17)6(16)4(22-10)1-21-23(18,19)20;;/h3*2-4,6-7,10,16-17H,1H2,(H2,11,12,13)(H2,18,19,20);;/q;;;2*+3/p-6/t3*4-,6-,7-,10-;;/m111../s1. The van der Waals surface area contributed by atoms with Gasteiger partial charge in [-0.15, -0.1) is 0 Å². The van der Waals surface area contributed by atoms with Gasteiger partial charge in [-0.1, -0.05) is 0 Å². The Bertz CT molecular complexity index is 2610. The van der Waals surface area contributed by atoms with Crippen LogP contribution in [0.25, 0.3) is 33.5 Å². The van der Waals surface area contributed by atoms with Gasteiger partial charge in [0.05, 0.1) is 62.3 Å². The van der Waals surface area contributed by atoms with Crippen molar-refractivity contribution in [2.45, 2.75) is 73.6 Å². The summed E-state index contributed by atoms with van der Waals surface area (Å²) in [4.78, 5) is 98.3. The van der Waals surface area contributed by atoms with Crippen molar-refractivity contribution in [3.05, 3.63) is 38.0 Å². The van der Waals surface area contributed by atoms with E-state index in [9.17, 15) is 73.7 Å². The van der Waals surface area contributed by atoms with Crippen molar-refractivity contribution in [1.82, 2.24) is 58.6 Å². The van der Waals surface area contributed by atoms with Gasteiger partial charge in [-0.05, 0) is 0 Å². The first-order valence-corrected chi connectivity index (χ1v) is 23.5. The molecule has 0 unspecified atom stereocenters. The van der Waals surface area contributed by atoms with Gasteiger partial charge in [-0.3, -0.25) is 13.7 Å². The molecular formula is C30H36Lu2N15O21P3. The number of ether oxygens (including phenoxy) is 3. The van der Waals surface area contributed by atoms with Gasteiger partial charge in [0.1, 0.15) is 90.5 Å². The zero-order valence-corrected chi connectivity index (χ0v) is 40.8. The molecule has 402 valence electrons. The molecule has 36 nitrogen and oxygen atoms in total. The molecule has 0 spiro atoms. The van der Waals surface area contributed by atoms with Crippen molar-refractivity contribution < 1.29 is 175 Å². The van der Waals surface area contributed by atoms with E-state index in [0.717, 1.165) is 0 Å². The van der Waals surface area contributed by atoms with Crippen LogP contribution in [0.4, 0.5) is 17.5 Å². The summed E-state index contributed by atoms with van der Waals surface area (Å²) in [6, 6.07) is 0. The summed E-state index contributed by atoms with van der Waals surface area (Å²) in [5.74, 6) is 0.376. The van der Waals surface area contributed by atoms with Crippen LogP contribution in [0.3, 0.4) is 0 Å². The molecule has 9 rings (SSSR count). The largest absolute Gasteiger partial charge is 3.00 e. The Morgan fingerprint density at radius 3 is 0.915 bits per heavy atom. The van der Waals surface area contributed by atoms with E-state index < -0.39 is 117 Å². The van der Waals surface area contributed by atoms with Gasteiger partial charge in [0, 0.05) is 0 Å². The van der Waals surface area contributed by atoms with Crippen LogP contribution in [0.15, 0.2) is 38.0 Å². The fraction of sp³-hybridized carbons (Fsp3) is 0.500. The van der Waals surface area contributed by atoms with Crippen LogP contribution in [-0.4, -0.2) is 164 Å². The molecule has 41 heteroatoms. The summed E-state index contributed by atoms with van der Waals surface area (Å²) in [6.07, 6.45) is -8.24. The van der Waals surface area contributed by atoms with Gasteiger partial charge in [0.2, 0.25) is 0 Å². The number of hydrogen-bond donors (Lipinski definition) is 9. The number of phosphoric acid groups is 3. The average Bonchev–Trinajstić information content (AvgIpc) is 4.14. The van der Waals surface area contributed by atoms with Gasteiger partial charge < -0.3 is 119 Å². The molecule has 71 heavy (non-hydrogen) atoms. The van der Waals surface area contributed by atoms with Gasteiger partial charge in [0.15, 0.2) is 53.1 Å². The molecule has 3 aliphatic heterocycles. The van der Waals surface area contributed by atoms with E-state index in [2.05, 4.69) is 58.4 Å². The van der Waals surface area contributed by atoms with Gasteiger partial charge >= 0.3 is 73.7 Å². The van der Waals surface area contributed by atoms with Crippen LogP contribution in [0.1, 0.15) is 18.7 Å². The molecule has 3 fully saturated rings. The number of nitrogen functional groups attached to an aromatic ring is 3. The number of rotatable bonds is 12. The maximum Gasteiger partial charge on any atom is 3.00 e. The fourth-order valence-electron chi connectivity index (χ4n) is 6.95. The number of aliphatic hydroxyl groups excluding tert-OH is 6. The smallest absolute Gasteiger partial charge is 0.790 e. The van der Waals surface area contributed by atoms with Crippen LogP contribution >= 0.6 is 23.5 Å². The molecule has 6 aromatic heterocycles. The number of aromatic nitrogens is 12. The molecule has 12 N–H and O–H groups in total. The van der Waals surface area contributed by atoms with Crippen LogP contribution < -0.4 is 46.6 Å². The number of phosphoric ester groups is 3. The first-order valence-electron chi connectivity index (χ1n) is 19.2. The average molecular weight is 1390 g/mol. The summed E-state index contributed by atoms with van der Waals surface area (Å²) in [7, 11) is -15.7. The van der Waals surface area contributed by atoms with Crippen LogP contribution in [0.5, 0.6) is 0 Å². The number of hydrogen-bond acceptors (Lipinski definition) is 33. The molecule has 0 aromatic carbocycles. The van der Waals surface area contributed by atoms with E-state index in [-0.39, 0.29) is 125 Å². The Labute approximate surface area is 453 Å². The predicted molar refractivity (Wildman–Crippen MR) is 208 cm³/mol. The third-order valence-electron chi connectivity index (χ3n) is 10.2. The Kier molecular flexibility index (Phi) is 20.1. The summed E-state index contributed by atoms with van der Waals surface area (Å²) >= 11 is 0. The SMILES string of the molecule is Nc1ncnc2c1ncn2[C@@H]1O[C@H](COP(=O)([O-])[O-])[C@@H](O)[C@H]1O.Nc1ncnc2c1ncn2[C@@H]1O[C@H](COP(=O)([O-])[O-])[C@@H](O)[C@H]1O.Nc1ncnc2c1ncn2[C@@H]1O[C@H](COP(=O)([O-])[O-])[C@@H](O)[C@H]1O.[Lu+3].[Lu+3]. The first-order chi connectivity index (χ1) is 32.3. The van der Waals surface area contributed by atoms with Crippen LogP contribution in [0.2, 0.25) is 0 Å². The minimum atomic E-state index is -5.22. The van der Waals surface area contributed by atoms with Gasteiger partial charge in [-0.25, -0.2) is 44.9 Å². The zero-order chi connectivity index (χ0) is 50.3. The Hall–Kier alpha value is -2.51. The number of nitrogens with two attached hydrogens (primary N) is 3. The van der Waals surface area contributed by atoms with Crippen molar-refractivity contribution in [2.24, 2.45) is 0 Å². The van der Waals surface area contributed by atoms with Crippen molar-refractivity contribution in [2.75, 3.05) is 37.0 Å². The topological polar surface area (TPSA) is 575 Å². The van der Waals surface area contributed by atoms with Crippen LogP contribution in [-0.2, 0) is 41.5 Å². The van der Waals surface area contributed by atoms with Crippen molar-refractivity contribution >= 4 is 74.4 Å². The Balaban J connectivity index is 0.000000195. The van der Waals surface area contributed by atoms with Crippen molar-refractivity contribution in [3.8, 4) is 0 Å². The molecule has 9 heterocycles. The van der Waals surface area contributed by atoms with E-state index in [4.69, 9.17) is 31.4 Å². The second kappa shape index (κ2) is 24.0. The van der Waals surface area contributed by atoms with E-state index in [1.165, 1.54) is 51.7 Å². The van der Waals surface area contributed by atoms with Gasteiger partial charge in [-0.2, -0.15) is 0 Å². The summed E-state index contributed by atoms with van der Waals surface area (Å²) < 4.78 is 63.8. The normalized spacial score (nSPS) is 27.7. The van der Waals surface area contributed by atoms with Gasteiger partial charge in [0.25, 0.3) is 0 Å². The fourth-order valence-corrected chi connectivity index (χ4v) is 7.94. The molecule has 3 saturated heterocycles. The quantitative estimate of drug-likeness (QED) is 0.0514. The second-order valence-corrected chi connectivity index (χ2v) is 18.1. The monoisotopic (exact) mass is 1390 g/mol. The van der Waals surface area contributed by atoms with E-state index in [1.807, 2.05) is 0 Å². The molecule has 0 radical (unpaired) electrons. The second-order valence-electron chi connectivity index (χ2n) is 14.6. The minimum Gasteiger partial charge on any atom is -0.790 e. The maximum atomic E-state index is 10.5. The van der Waals surface area contributed by atoms with Crippen LogP contribution in [0, 0.1) is 73.7 Å². The summed E-state index contributed by atoms with van der Waals surface area (Å²) in [5, 5.41) is 60.0. The van der Waals surface area contributed by atoms with E-state index >= 15 is 0 Å². The Morgan fingerprint density at radius 1 is 0.451 bits per heavy atom. The number of fused-ring (bicyclic) bond motifs is 3. The molecule has 0 bridgehead atoms. The molecule has 12 atom stereocenters. The number of nitrogens with zero attached hydrogens (tertiary/aromatic N) is 12. The van der Waals surface area contributed by atoms with Crippen molar-refractivity contribution in [1.29, 1.82) is 0 Å². The molecule has 6 aromatic rings. The Morgan fingerprint density at radius 2 is 0.690 bits per heavy atom. The third-order valence-corrected chi connectivity index (χ3v) is 11.6. The summed E-state index contributed by atoms with van der Waals surface area (Å²) in [5.41, 5.74) is 18.6. The predicted octanol–water partition coefficient (Wildman–Crippen LogP) is -9.38. The number of imidazole rings is 3. The maximum absolute atomic E-state index is 10.5. The molecule has 3 aliphatic rings. The zero-order valence-electron chi connectivity index (χ0n) is 34.8. The molecular weight excluding hydrogens is 1350 g/mol. The third kappa shape index (κ3) is 13.9. The number of anilines is 3. The molecule has 0 amide bonds. The summed E-state index contributed by atoms with van der Waals surface area (Å²) in [6.45, 7) is -2.16. The number of aliphatic hydroxyl groups is 6.